The second kappa shape index (κ2) is 8.97. The molecule has 0 spiro atoms. The largest absolute Gasteiger partial charge is 0.493 e. The van der Waals surface area contributed by atoms with Crippen LogP contribution in [0.15, 0.2) is 18.2 Å². The van der Waals surface area contributed by atoms with E-state index in [1.807, 2.05) is 9.80 Å². The van der Waals surface area contributed by atoms with Crippen LogP contribution >= 0.6 is 0 Å². The van der Waals surface area contributed by atoms with E-state index in [0.29, 0.717) is 42.6 Å². The number of likely N-dealkylation sites (tertiary alicyclic amines) is 2. The number of piperidine rings is 1. The van der Waals surface area contributed by atoms with Gasteiger partial charge in [-0.15, -0.1) is 0 Å². The van der Waals surface area contributed by atoms with E-state index >= 15 is 0 Å². The Hall–Kier alpha value is -2.44. The van der Waals surface area contributed by atoms with Crippen LogP contribution in [0.5, 0.6) is 11.5 Å². The Kier molecular flexibility index (Phi) is 6.42. The number of carbonyl (C=O) groups is 2. The fourth-order valence-corrected chi connectivity index (χ4v) is 3.80. The molecule has 0 atom stereocenters. The minimum atomic E-state index is -0.119. The molecule has 2 saturated heterocycles. The van der Waals surface area contributed by atoms with E-state index in [-0.39, 0.29) is 11.9 Å². The molecule has 2 aliphatic rings. The Bertz CT molecular complexity index is 665. The summed E-state index contributed by atoms with van der Waals surface area (Å²) in [6.45, 7) is 3.17. The molecule has 1 aromatic carbocycles. The standard InChI is InChI=1S/C20H29N3O4/c1-26-17-6-5-16(14-18(17)27-2)21-20(25)23-11-7-15(8-12-23)13-19(24)22-9-3-4-10-22/h5-6,14-15H,3-4,7-13H2,1-2H3,(H,21,25). The molecule has 0 bridgehead atoms. The number of hydrogen-bond acceptors (Lipinski definition) is 4. The highest BCUT2D eigenvalue weighted by Gasteiger charge is 2.27. The van der Waals surface area contributed by atoms with E-state index in [2.05, 4.69) is 5.32 Å². The zero-order chi connectivity index (χ0) is 19.2. The molecule has 7 heteroatoms. The first kappa shape index (κ1) is 19.3. The summed E-state index contributed by atoms with van der Waals surface area (Å²) < 4.78 is 10.5. The van der Waals surface area contributed by atoms with Crippen molar-refractivity contribution in [2.24, 2.45) is 5.92 Å². The Morgan fingerprint density at radius 3 is 2.30 bits per heavy atom. The topological polar surface area (TPSA) is 71.1 Å². The Morgan fingerprint density at radius 1 is 1.00 bits per heavy atom. The summed E-state index contributed by atoms with van der Waals surface area (Å²) in [5.74, 6) is 1.86. The van der Waals surface area contributed by atoms with Gasteiger partial charge in [-0.3, -0.25) is 4.79 Å². The van der Waals surface area contributed by atoms with Gasteiger partial charge in [-0.1, -0.05) is 0 Å². The van der Waals surface area contributed by atoms with Gasteiger partial charge in [0, 0.05) is 44.4 Å². The summed E-state index contributed by atoms with van der Waals surface area (Å²) in [4.78, 5) is 28.6. The highest BCUT2D eigenvalue weighted by molar-refractivity contribution is 5.89. The Morgan fingerprint density at radius 2 is 1.67 bits per heavy atom. The fraction of sp³-hybridized carbons (Fsp3) is 0.600. The highest BCUT2D eigenvalue weighted by atomic mass is 16.5. The molecule has 3 rings (SSSR count). The lowest BCUT2D eigenvalue weighted by molar-refractivity contribution is -0.131. The van der Waals surface area contributed by atoms with Gasteiger partial charge in [0.15, 0.2) is 11.5 Å². The number of hydrogen-bond donors (Lipinski definition) is 1. The van der Waals surface area contributed by atoms with Crippen molar-refractivity contribution in [3.8, 4) is 11.5 Å². The van der Waals surface area contributed by atoms with Gasteiger partial charge in [0.05, 0.1) is 14.2 Å². The molecule has 2 fully saturated rings. The molecule has 7 nitrogen and oxygen atoms in total. The number of methoxy groups -OCH3 is 2. The SMILES string of the molecule is COc1ccc(NC(=O)N2CCC(CC(=O)N3CCCC3)CC2)cc1OC. The molecule has 0 radical (unpaired) electrons. The summed E-state index contributed by atoms with van der Waals surface area (Å²) >= 11 is 0. The average Bonchev–Trinajstić information content (AvgIpc) is 3.23. The van der Waals surface area contributed by atoms with Gasteiger partial charge < -0.3 is 24.6 Å². The highest BCUT2D eigenvalue weighted by Crippen LogP contribution is 2.30. The van der Waals surface area contributed by atoms with Crippen molar-refractivity contribution < 1.29 is 19.1 Å². The van der Waals surface area contributed by atoms with Crippen LogP contribution in [-0.2, 0) is 4.79 Å². The molecule has 2 heterocycles. The quantitative estimate of drug-likeness (QED) is 0.859. The normalized spacial score (nSPS) is 17.7. The first-order valence-electron chi connectivity index (χ1n) is 9.66. The number of nitrogens with one attached hydrogen (secondary N) is 1. The molecule has 1 N–H and O–H groups in total. The maximum absolute atomic E-state index is 12.5. The van der Waals surface area contributed by atoms with Crippen LogP contribution in [-0.4, -0.2) is 62.1 Å². The van der Waals surface area contributed by atoms with Gasteiger partial charge in [0.1, 0.15) is 0 Å². The van der Waals surface area contributed by atoms with Crippen molar-refractivity contribution in [1.29, 1.82) is 0 Å². The van der Waals surface area contributed by atoms with Crippen LogP contribution in [0.1, 0.15) is 32.1 Å². The first-order chi connectivity index (χ1) is 13.1. The third-order valence-electron chi connectivity index (χ3n) is 5.46. The van der Waals surface area contributed by atoms with Gasteiger partial charge >= 0.3 is 6.03 Å². The summed E-state index contributed by atoms with van der Waals surface area (Å²) in [7, 11) is 3.15. The summed E-state index contributed by atoms with van der Waals surface area (Å²) in [6.07, 6.45) is 4.62. The average molecular weight is 375 g/mol. The van der Waals surface area contributed by atoms with Gasteiger partial charge in [-0.2, -0.15) is 0 Å². The lowest BCUT2D eigenvalue weighted by Crippen LogP contribution is -2.42. The lowest BCUT2D eigenvalue weighted by atomic mass is 9.93. The van der Waals surface area contributed by atoms with Crippen LogP contribution in [0.25, 0.3) is 0 Å². The fourth-order valence-electron chi connectivity index (χ4n) is 3.80. The van der Waals surface area contributed by atoms with E-state index in [4.69, 9.17) is 9.47 Å². The van der Waals surface area contributed by atoms with Crippen molar-refractivity contribution in [2.45, 2.75) is 32.1 Å². The van der Waals surface area contributed by atoms with Gasteiger partial charge in [0.2, 0.25) is 5.91 Å². The number of urea groups is 1. The molecule has 3 amide bonds. The van der Waals surface area contributed by atoms with E-state index in [1.165, 1.54) is 0 Å². The van der Waals surface area contributed by atoms with Crippen molar-refractivity contribution in [3.05, 3.63) is 18.2 Å². The van der Waals surface area contributed by atoms with Crippen molar-refractivity contribution in [3.63, 3.8) is 0 Å². The molecule has 148 valence electrons. The third kappa shape index (κ3) is 4.84. The minimum Gasteiger partial charge on any atom is -0.493 e. The first-order valence-corrected chi connectivity index (χ1v) is 9.66. The summed E-state index contributed by atoms with van der Waals surface area (Å²) in [5.41, 5.74) is 0.670. The molecule has 1 aromatic rings. The second-order valence-corrected chi connectivity index (χ2v) is 7.22. The number of carbonyl (C=O) groups excluding carboxylic acids is 2. The number of ether oxygens (including phenoxy) is 2. The maximum atomic E-state index is 12.5. The van der Waals surface area contributed by atoms with E-state index in [0.717, 1.165) is 38.8 Å². The van der Waals surface area contributed by atoms with E-state index in [9.17, 15) is 9.59 Å². The molecule has 0 unspecified atom stereocenters. The Balaban J connectivity index is 1.47. The number of nitrogens with zero attached hydrogens (tertiary/aromatic N) is 2. The lowest BCUT2D eigenvalue weighted by Gasteiger charge is -2.32. The molecule has 0 saturated carbocycles. The monoisotopic (exact) mass is 375 g/mol. The number of benzene rings is 1. The van der Waals surface area contributed by atoms with Gasteiger partial charge in [-0.05, 0) is 43.7 Å². The minimum absolute atomic E-state index is 0.119. The van der Waals surface area contributed by atoms with Crippen LogP contribution in [0, 0.1) is 5.92 Å². The Labute approximate surface area is 160 Å². The van der Waals surface area contributed by atoms with Crippen molar-refractivity contribution >= 4 is 17.6 Å². The second-order valence-electron chi connectivity index (χ2n) is 7.22. The van der Waals surface area contributed by atoms with Crippen LogP contribution in [0.3, 0.4) is 0 Å². The van der Waals surface area contributed by atoms with Crippen LogP contribution in [0.4, 0.5) is 10.5 Å². The number of rotatable bonds is 5. The van der Waals surface area contributed by atoms with Gasteiger partial charge in [-0.25, -0.2) is 4.79 Å². The predicted octanol–water partition coefficient (Wildman–Crippen LogP) is 2.96. The molecular formula is C20H29N3O4. The van der Waals surface area contributed by atoms with E-state index < -0.39 is 0 Å². The number of anilines is 1. The molecule has 27 heavy (non-hydrogen) atoms. The number of amides is 3. The smallest absolute Gasteiger partial charge is 0.321 e. The zero-order valence-electron chi connectivity index (χ0n) is 16.2. The zero-order valence-corrected chi connectivity index (χ0v) is 16.2. The summed E-state index contributed by atoms with van der Waals surface area (Å²) in [6, 6.07) is 5.19. The van der Waals surface area contributed by atoms with Crippen LogP contribution < -0.4 is 14.8 Å². The van der Waals surface area contributed by atoms with Crippen molar-refractivity contribution in [1.82, 2.24) is 9.80 Å². The van der Waals surface area contributed by atoms with Gasteiger partial charge in [0.25, 0.3) is 0 Å². The summed E-state index contributed by atoms with van der Waals surface area (Å²) in [5, 5.41) is 2.91. The molecule has 0 aromatic heterocycles. The third-order valence-corrected chi connectivity index (χ3v) is 5.46. The predicted molar refractivity (Wildman–Crippen MR) is 103 cm³/mol. The molecular weight excluding hydrogens is 346 g/mol. The molecule has 0 aliphatic carbocycles. The maximum Gasteiger partial charge on any atom is 0.321 e. The van der Waals surface area contributed by atoms with Crippen molar-refractivity contribution in [2.75, 3.05) is 45.7 Å². The molecule has 2 aliphatic heterocycles. The van der Waals surface area contributed by atoms with E-state index in [1.54, 1.807) is 32.4 Å². The van der Waals surface area contributed by atoms with Crippen LogP contribution in [0.2, 0.25) is 0 Å².